The van der Waals surface area contributed by atoms with E-state index in [4.69, 9.17) is 0 Å². The van der Waals surface area contributed by atoms with Gasteiger partial charge in [-0.05, 0) is 6.42 Å². The third-order valence-corrected chi connectivity index (χ3v) is 4.74. The predicted molar refractivity (Wildman–Crippen MR) is 60.0 cm³/mol. The van der Waals surface area contributed by atoms with E-state index in [-0.39, 0.29) is 24.3 Å². The van der Waals surface area contributed by atoms with E-state index in [1.807, 2.05) is 0 Å². The molecule has 0 radical (unpaired) electrons. The SMILES string of the molecule is CCS(=O)(=O)CCCC(=O)N1CC(F)(F)C(F)(F)C1. The number of halogens is 4. The van der Waals surface area contributed by atoms with Crippen LogP contribution in [0.25, 0.3) is 0 Å². The van der Waals surface area contributed by atoms with Gasteiger partial charge in [0.25, 0.3) is 0 Å². The van der Waals surface area contributed by atoms with E-state index in [1.54, 1.807) is 0 Å². The summed E-state index contributed by atoms with van der Waals surface area (Å²) in [4.78, 5) is 11.8. The highest BCUT2D eigenvalue weighted by atomic mass is 32.2. The predicted octanol–water partition coefficient (Wildman–Crippen LogP) is 1.31. The molecule has 1 fully saturated rings. The third kappa shape index (κ3) is 3.80. The summed E-state index contributed by atoms with van der Waals surface area (Å²) in [6, 6.07) is 0. The van der Waals surface area contributed by atoms with Crippen molar-refractivity contribution >= 4 is 15.7 Å². The van der Waals surface area contributed by atoms with Crippen molar-refractivity contribution in [2.45, 2.75) is 31.6 Å². The minimum absolute atomic E-state index is 0.0529. The molecule has 0 N–H and O–H groups in total. The molecule has 0 aromatic carbocycles. The first-order valence-corrected chi connectivity index (χ1v) is 7.57. The Morgan fingerprint density at radius 1 is 1.16 bits per heavy atom. The summed E-state index contributed by atoms with van der Waals surface area (Å²) in [5.74, 6) is -9.66. The lowest BCUT2D eigenvalue weighted by atomic mass is 10.2. The minimum atomic E-state index is -4.22. The second-order valence-electron chi connectivity index (χ2n) is 4.50. The Labute approximate surface area is 108 Å². The van der Waals surface area contributed by atoms with Crippen molar-refractivity contribution in [2.24, 2.45) is 0 Å². The van der Waals surface area contributed by atoms with Crippen LogP contribution >= 0.6 is 0 Å². The zero-order valence-electron chi connectivity index (χ0n) is 10.3. The number of likely N-dealkylation sites (tertiary alicyclic amines) is 1. The quantitative estimate of drug-likeness (QED) is 0.720. The monoisotopic (exact) mass is 305 g/mol. The van der Waals surface area contributed by atoms with Crippen LogP contribution in [-0.4, -0.2) is 55.7 Å². The van der Waals surface area contributed by atoms with Crippen LogP contribution in [0, 0.1) is 0 Å². The number of hydrogen-bond acceptors (Lipinski definition) is 3. The van der Waals surface area contributed by atoms with E-state index in [0.717, 1.165) is 0 Å². The third-order valence-electron chi connectivity index (χ3n) is 2.95. The molecule has 0 spiro atoms. The van der Waals surface area contributed by atoms with Gasteiger partial charge in [0, 0.05) is 12.2 Å². The molecule has 1 heterocycles. The normalized spacial score (nSPS) is 21.6. The van der Waals surface area contributed by atoms with Crippen molar-refractivity contribution in [3.63, 3.8) is 0 Å². The molecular formula is C10H15F4NO3S. The largest absolute Gasteiger partial charge is 0.330 e. The molecule has 9 heteroatoms. The van der Waals surface area contributed by atoms with Gasteiger partial charge in [0.05, 0.1) is 18.8 Å². The fraction of sp³-hybridized carbons (Fsp3) is 0.900. The van der Waals surface area contributed by atoms with E-state index in [9.17, 15) is 30.8 Å². The molecule has 1 amide bonds. The van der Waals surface area contributed by atoms with E-state index >= 15 is 0 Å². The summed E-state index contributed by atoms with van der Waals surface area (Å²) in [5.41, 5.74) is 0. The van der Waals surface area contributed by atoms with Gasteiger partial charge < -0.3 is 4.90 Å². The number of hydrogen-bond donors (Lipinski definition) is 0. The van der Waals surface area contributed by atoms with Gasteiger partial charge in [-0.1, -0.05) is 6.92 Å². The zero-order chi connectivity index (χ0) is 14.9. The zero-order valence-corrected chi connectivity index (χ0v) is 11.2. The van der Waals surface area contributed by atoms with Crippen molar-refractivity contribution in [1.29, 1.82) is 0 Å². The fourth-order valence-electron chi connectivity index (χ4n) is 1.69. The maximum Gasteiger partial charge on any atom is 0.329 e. The molecule has 1 saturated heterocycles. The first-order chi connectivity index (χ1) is 8.51. The van der Waals surface area contributed by atoms with Crippen molar-refractivity contribution in [1.82, 2.24) is 4.90 Å². The van der Waals surface area contributed by atoms with Crippen LogP contribution in [0.4, 0.5) is 17.6 Å². The van der Waals surface area contributed by atoms with Crippen LogP contribution in [0.15, 0.2) is 0 Å². The Hall–Kier alpha value is -0.860. The molecule has 0 aliphatic carbocycles. The Kier molecular flexibility index (Phi) is 4.48. The van der Waals surface area contributed by atoms with Crippen LogP contribution in [0.3, 0.4) is 0 Å². The summed E-state index contributed by atoms with van der Waals surface area (Å²) < 4.78 is 73.7. The van der Waals surface area contributed by atoms with Crippen molar-refractivity contribution in [2.75, 3.05) is 24.6 Å². The van der Waals surface area contributed by atoms with Gasteiger partial charge >= 0.3 is 11.8 Å². The van der Waals surface area contributed by atoms with Gasteiger partial charge in [-0.25, -0.2) is 8.42 Å². The lowest BCUT2D eigenvalue weighted by Gasteiger charge is -2.14. The summed E-state index contributed by atoms with van der Waals surface area (Å²) in [5, 5.41) is 0. The van der Waals surface area contributed by atoms with E-state index in [0.29, 0.717) is 4.90 Å². The molecular weight excluding hydrogens is 290 g/mol. The molecule has 4 nitrogen and oxygen atoms in total. The van der Waals surface area contributed by atoms with Gasteiger partial charge in [0.2, 0.25) is 5.91 Å². The number of carbonyl (C=O) groups excluding carboxylic acids is 1. The lowest BCUT2D eigenvalue weighted by molar-refractivity contribution is -0.172. The van der Waals surface area contributed by atoms with Gasteiger partial charge in [0.1, 0.15) is 9.84 Å². The molecule has 1 aliphatic rings. The Balaban J connectivity index is 2.49. The van der Waals surface area contributed by atoms with Crippen molar-refractivity contribution in [3.8, 4) is 0 Å². The topological polar surface area (TPSA) is 54.5 Å². The lowest BCUT2D eigenvalue weighted by Crippen LogP contribution is -2.38. The highest BCUT2D eigenvalue weighted by Crippen LogP contribution is 2.41. The second-order valence-corrected chi connectivity index (χ2v) is 6.97. The molecule has 0 aromatic heterocycles. The van der Waals surface area contributed by atoms with E-state index < -0.39 is 40.7 Å². The van der Waals surface area contributed by atoms with Crippen LogP contribution in [-0.2, 0) is 14.6 Å². The highest BCUT2D eigenvalue weighted by molar-refractivity contribution is 7.91. The van der Waals surface area contributed by atoms with Gasteiger partial charge in [-0.3, -0.25) is 4.79 Å². The highest BCUT2D eigenvalue weighted by Gasteiger charge is 2.63. The average molecular weight is 305 g/mol. The fourth-order valence-corrected chi connectivity index (χ4v) is 2.56. The molecule has 0 atom stereocenters. The molecule has 1 rings (SSSR count). The molecule has 19 heavy (non-hydrogen) atoms. The molecule has 0 saturated carbocycles. The van der Waals surface area contributed by atoms with Crippen LogP contribution in [0.5, 0.6) is 0 Å². The molecule has 0 aromatic rings. The number of amides is 1. The van der Waals surface area contributed by atoms with Crippen molar-refractivity contribution < 1.29 is 30.8 Å². The first kappa shape index (κ1) is 16.2. The average Bonchev–Trinajstić information content (AvgIpc) is 2.48. The van der Waals surface area contributed by atoms with Gasteiger partial charge in [-0.2, -0.15) is 17.6 Å². The van der Waals surface area contributed by atoms with Gasteiger partial charge in [-0.15, -0.1) is 0 Å². The molecule has 1 aliphatic heterocycles. The number of nitrogens with zero attached hydrogens (tertiary/aromatic N) is 1. The molecule has 0 unspecified atom stereocenters. The Bertz CT molecular complexity index is 434. The van der Waals surface area contributed by atoms with E-state index in [2.05, 4.69) is 0 Å². The molecule has 112 valence electrons. The van der Waals surface area contributed by atoms with Crippen molar-refractivity contribution in [3.05, 3.63) is 0 Å². The number of sulfone groups is 1. The van der Waals surface area contributed by atoms with Crippen LogP contribution in [0.1, 0.15) is 19.8 Å². The smallest absolute Gasteiger partial charge is 0.329 e. The Morgan fingerprint density at radius 3 is 2.05 bits per heavy atom. The minimum Gasteiger partial charge on any atom is -0.330 e. The summed E-state index contributed by atoms with van der Waals surface area (Å²) >= 11 is 0. The first-order valence-electron chi connectivity index (χ1n) is 5.74. The number of rotatable bonds is 5. The van der Waals surface area contributed by atoms with E-state index in [1.165, 1.54) is 6.92 Å². The standard InChI is InChI=1S/C10H15F4NO3S/c1-2-19(17,18)5-3-4-8(16)15-6-9(11,12)10(13,14)7-15/h2-7H2,1H3. The summed E-state index contributed by atoms with van der Waals surface area (Å²) in [6.45, 7) is -1.20. The maximum atomic E-state index is 12.9. The number of alkyl halides is 4. The summed E-state index contributed by atoms with van der Waals surface area (Å²) in [7, 11) is -3.25. The molecule has 0 bridgehead atoms. The summed E-state index contributed by atoms with van der Waals surface area (Å²) in [6.07, 6.45) is -0.381. The van der Waals surface area contributed by atoms with Crippen LogP contribution < -0.4 is 0 Å². The van der Waals surface area contributed by atoms with Gasteiger partial charge in [0.15, 0.2) is 0 Å². The number of carbonyl (C=O) groups is 1. The Morgan fingerprint density at radius 2 is 1.63 bits per heavy atom. The van der Waals surface area contributed by atoms with Crippen LogP contribution in [0.2, 0.25) is 0 Å². The maximum absolute atomic E-state index is 12.9. The second kappa shape index (κ2) is 5.26.